The van der Waals surface area contributed by atoms with Crippen LogP contribution in [0.5, 0.6) is 0 Å². The first-order valence-corrected chi connectivity index (χ1v) is 8.05. The number of anilines is 1. The summed E-state index contributed by atoms with van der Waals surface area (Å²) in [7, 11) is 0. The zero-order valence-electron chi connectivity index (χ0n) is 13.6. The Morgan fingerprint density at radius 3 is 2.39 bits per heavy atom. The molecular weight excluding hydrogens is 318 g/mol. The molecule has 1 aromatic rings. The van der Waals surface area contributed by atoms with Gasteiger partial charge in [0.15, 0.2) is 0 Å². The molecule has 0 radical (unpaired) electrons. The smallest absolute Gasteiger partial charge is 0.412 e. The van der Waals surface area contributed by atoms with Crippen LogP contribution in [0, 0.1) is 0 Å². The Morgan fingerprint density at radius 1 is 1.26 bits per heavy atom. The Hall–Kier alpha value is -1.75. The largest absolute Gasteiger partial charge is 0.481 e. The maximum atomic E-state index is 12.1. The summed E-state index contributed by atoms with van der Waals surface area (Å²) in [6, 6.07) is 4.92. The first-order valence-electron chi connectivity index (χ1n) is 7.67. The Labute approximate surface area is 141 Å². The van der Waals surface area contributed by atoms with Gasteiger partial charge in [-0.15, -0.1) is 0 Å². The lowest BCUT2D eigenvalue weighted by molar-refractivity contribution is -0.143. The predicted molar refractivity (Wildman–Crippen MR) is 89.1 cm³/mol. The van der Waals surface area contributed by atoms with E-state index in [9.17, 15) is 14.7 Å². The molecule has 0 atom stereocenters. The van der Waals surface area contributed by atoms with Gasteiger partial charge in [-0.1, -0.05) is 30.5 Å². The second-order valence-corrected chi connectivity index (χ2v) is 7.35. The number of hydrogen-bond donors (Lipinski definition) is 2. The number of nitrogens with one attached hydrogen (secondary N) is 1. The van der Waals surface area contributed by atoms with Crippen molar-refractivity contribution in [2.24, 2.45) is 0 Å². The second-order valence-electron chi connectivity index (χ2n) is 6.91. The highest BCUT2D eigenvalue weighted by Crippen LogP contribution is 2.45. The fourth-order valence-corrected chi connectivity index (χ4v) is 3.20. The van der Waals surface area contributed by atoms with Gasteiger partial charge in [0, 0.05) is 10.7 Å². The monoisotopic (exact) mass is 339 g/mol. The highest BCUT2D eigenvalue weighted by Gasteiger charge is 2.44. The number of aliphatic carboxylic acids is 1. The number of halogens is 1. The van der Waals surface area contributed by atoms with Crippen LogP contribution in [0.25, 0.3) is 0 Å². The van der Waals surface area contributed by atoms with Crippen LogP contribution in [-0.2, 0) is 14.9 Å². The van der Waals surface area contributed by atoms with E-state index in [0.717, 1.165) is 12.8 Å². The van der Waals surface area contributed by atoms with E-state index in [1.54, 1.807) is 39.0 Å². The molecule has 1 aliphatic carbocycles. The van der Waals surface area contributed by atoms with E-state index in [-0.39, 0.29) is 0 Å². The molecule has 5 nitrogen and oxygen atoms in total. The molecule has 0 aromatic heterocycles. The summed E-state index contributed by atoms with van der Waals surface area (Å²) in [5, 5.41) is 12.8. The molecule has 126 valence electrons. The molecule has 0 saturated heterocycles. The van der Waals surface area contributed by atoms with E-state index in [1.807, 2.05) is 0 Å². The van der Waals surface area contributed by atoms with Crippen LogP contribution in [0.3, 0.4) is 0 Å². The Kier molecular flexibility index (Phi) is 4.90. The second kappa shape index (κ2) is 6.40. The fraction of sp³-hybridized carbons (Fsp3) is 0.529. The molecule has 0 bridgehead atoms. The van der Waals surface area contributed by atoms with Gasteiger partial charge in [0.2, 0.25) is 0 Å². The topological polar surface area (TPSA) is 75.6 Å². The number of carbonyl (C=O) groups excluding carboxylic acids is 1. The molecule has 2 rings (SSSR count). The van der Waals surface area contributed by atoms with Crippen LogP contribution in [0.1, 0.15) is 52.0 Å². The summed E-state index contributed by atoms with van der Waals surface area (Å²) in [5.41, 5.74) is -0.635. The number of rotatable bonds is 3. The van der Waals surface area contributed by atoms with E-state index in [0.29, 0.717) is 29.1 Å². The third-order valence-electron chi connectivity index (χ3n) is 4.00. The van der Waals surface area contributed by atoms with Gasteiger partial charge in [-0.05, 0) is 51.3 Å². The van der Waals surface area contributed by atoms with Crippen molar-refractivity contribution in [3.8, 4) is 0 Å². The summed E-state index contributed by atoms with van der Waals surface area (Å²) in [6.45, 7) is 5.30. The van der Waals surface area contributed by atoms with Crippen LogP contribution in [-0.4, -0.2) is 22.8 Å². The lowest BCUT2D eigenvalue weighted by atomic mass is 9.78. The minimum Gasteiger partial charge on any atom is -0.481 e. The molecule has 1 aliphatic rings. The quantitative estimate of drug-likeness (QED) is 0.844. The summed E-state index contributed by atoms with van der Waals surface area (Å²) < 4.78 is 5.25. The van der Waals surface area contributed by atoms with Gasteiger partial charge in [-0.25, -0.2) is 4.79 Å². The van der Waals surface area contributed by atoms with E-state index < -0.39 is 23.1 Å². The van der Waals surface area contributed by atoms with Crippen LogP contribution >= 0.6 is 11.6 Å². The van der Waals surface area contributed by atoms with Crippen molar-refractivity contribution >= 4 is 29.4 Å². The van der Waals surface area contributed by atoms with Crippen LogP contribution < -0.4 is 5.32 Å². The molecule has 1 saturated carbocycles. The Morgan fingerprint density at radius 2 is 1.87 bits per heavy atom. The average molecular weight is 340 g/mol. The first kappa shape index (κ1) is 17.6. The Balaban J connectivity index is 2.38. The number of benzene rings is 1. The van der Waals surface area contributed by atoms with Crippen molar-refractivity contribution in [2.75, 3.05) is 5.32 Å². The molecule has 0 aliphatic heterocycles. The SMILES string of the molecule is CC(C)(C)OC(=O)Nc1cc(Cl)ccc1C1(C(=O)O)CCCC1. The van der Waals surface area contributed by atoms with Crippen molar-refractivity contribution in [1.29, 1.82) is 0 Å². The van der Waals surface area contributed by atoms with E-state index in [4.69, 9.17) is 16.3 Å². The van der Waals surface area contributed by atoms with Crippen LogP contribution in [0.2, 0.25) is 5.02 Å². The van der Waals surface area contributed by atoms with Crippen molar-refractivity contribution < 1.29 is 19.4 Å². The Bertz CT molecular complexity index is 616. The van der Waals surface area contributed by atoms with Gasteiger partial charge < -0.3 is 9.84 Å². The predicted octanol–water partition coefficient (Wildman–Crippen LogP) is 4.58. The third-order valence-corrected chi connectivity index (χ3v) is 4.23. The molecule has 6 heteroatoms. The van der Waals surface area contributed by atoms with Gasteiger partial charge in [0.25, 0.3) is 0 Å². The molecule has 23 heavy (non-hydrogen) atoms. The zero-order chi connectivity index (χ0) is 17.3. The molecule has 0 spiro atoms. The van der Waals surface area contributed by atoms with Crippen molar-refractivity contribution in [2.45, 2.75) is 57.5 Å². The summed E-state index contributed by atoms with van der Waals surface area (Å²) in [5.74, 6) is -0.871. The highest BCUT2D eigenvalue weighted by atomic mass is 35.5. The molecule has 0 unspecified atom stereocenters. The van der Waals surface area contributed by atoms with Gasteiger partial charge in [-0.2, -0.15) is 0 Å². The van der Waals surface area contributed by atoms with Crippen molar-refractivity contribution in [3.05, 3.63) is 28.8 Å². The molecule has 1 fully saturated rings. The molecule has 1 amide bonds. The number of carbonyl (C=O) groups is 2. The van der Waals surface area contributed by atoms with E-state index in [2.05, 4.69) is 5.32 Å². The van der Waals surface area contributed by atoms with Gasteiger partial charge in [0.1, 0.15) is 5.60 Å². The highest BCUT2D eigenvalue weighted by molar-refractivity contribution is 6.31. The number of carboxylic acids is 1. The fourth-order valence-electron chi connectivity index (χ4n) is 3.03. The molecule has 2 N–H and O–H groups in total. The third kappa shape index (κ3) is 3.96. The van der Waals surface area contributed by atoms with Crippen molar-refractivity contribution in [1.82, 2.24) is 0 Å². The summed E-state index contributed by atoms with van der Waals surface area (Å²) in [4.78, 5) is 24.0. The minimum atomic E-state index is -0.977. The minimum absolute atomic E-state index is 0.399. The number of hydrogen-bond acceptors (Lipinski definition) is 3. The lowest BCUT2D eigenvalue weighted by Crippen LogP contribution is -2.34. The lowest BCUT2D eigenvalue weighted by Gasteiger charge is -2.28. The van der Waals surface area contributed by atoms with Crippen LogP contribution in [0.15, 0.2) is 18.2 Å². The maximum Gasteiger partial charge on any atom is 0.412 e. The number of ether oxygens (including phenoxy) is 1. The van der Waals surface area contributed by atoms with Gasteiger partial charge in [-0.3, -0.25) is 10.1 Å². The summed E-state index contributed by atoms with van der Waals surface area (Å²) in [6.07, 6.45) is 2.17. The normalized spacial score (nSPS) is 16.9. The first-order chi connectivity index (χ1) is 10.6. The van der Waals surface area contributed by atoms with E-state index in [1.165, 1.54) is 0 Å². The molecular formula is C17H22ClNO4. The molecule has 0 heterocycles. The van der Waals surface area contributed by atoms with Crippen LogP contribution in [0.4, 0.5) is 10.5 Å². The maximum absolute atomic E-state index is 12.1. The van der Waals surface area contributed by atoms with Gasteiger partial charge >= 0.3 is 12.1 Å². The standard InChI is InChI=1S/C17H22ClNO4/c1-16(2,3)23-15(22)19-13-10-11(18)6-7-12(13)17(14(20)21)8-4-5-9-17/h6-7,10H,4-5,8-9H2,1-3H3,(H,19,22)(H,20,21). The number of amides is 1. The van der Waals surface area contributed by atoms with Crippen molar-refractivity contribution in [3.63, 3.8) is 0 Å². The average Bonchev–Trinajstić information content (AvgIpc) is 2.86. The van der Waals surface area contributed by atoms with E-state index >= 15 is 0 Å². The number of carboxylic acid groups (broad SMARTS) is 1. The summed E-state index contributed by atoms with van der Waals surface area (Å²) >= 11 is 6.03. The zero-order valence-corrected chi connectivity index (χ0v) is 14.4. The van der Waals surface area contributed by atoms with Gasteiger partial charge in [0.05, 0.1) is 5.41 Å². The molecule has 1 aromatic carbocycles.